The smallest absolute Gasteiger partial charge is 0.127 e. The summed E-state index contributed by atoms with van der Waals surface area (Å²) in [6.07, 6.45) is 3.31. The van der Waals surface area contributed by atoms with Crippen molar-refractivity contribution < 1.29 is 4.79 Å². The van der Waals surface area contributed by atoms with E-state index in [0.717, 1.165) is 29.2 Å². The minimum atomic E-state index is 0.454. The molecule has 1 saturated carbocycles. The summed E-state index contributed by atoms with van der Waals surface area (Å²) < 4.78 is 0.938. The molecule has 0 aliphatic heterocycles. The lowest BCUT2D eigenvalue weighted by Gasteiger charge is -2.03. The van der Waals surface area contributed by atoms with E-state index >= 15 is 0 Å². The maximum absolute atomic E-state index is 9.57. The van der Waals surface area contributed by atoms with Gasteiger partial charge >= 0.3 is 0 Å². The van der Waals surface area contributed by atoms with Gasteiger partial charge in [0.25, 0.3) is 0 Å². The fourth-order valence-electron chi connectivity index (χ4n) is 1.12. The van der Waals surface area contributed by atoms with E-state index < -0.39 is 0 Å². The van der Waals surface area contributed by atoms with Crippen LogP contribution in [0.15, 0.2) is 27.7 Å². The van der Waals surface area contributed by atoms with Crippen LogP contribution in [0.5, 0.6) is 0 Å². The van der Waals surface area contributed by atoms with Gasteiger partial charge in [0.05, 0.1) is 0 Å². The van der Waals surface area contributed by atoms with Crippen LogP contribution in [-0.2, 0) is 4.79 Å². The van der Waals surface area contributed by atoms with Crippen LogP contribution in [-0.4, -0.2) is 19.2 Å². The van der Waals surface area contributed by atoms with Gasteiger partial charge in [-0.25, -0.2) is 0 Å². The van der Waals surface area contributed by atoms with Crippen molar-refractivity contribution in [2.24, 2.45) is 16.6 Å². The summed E-state index contributed by atoms with van der Waals surface area (Å²) in [6, 6.07) is 5.51. The molecule has 4 N–H and O–H groups in total. The minimum absolute atomic E-state index is 0.454. The van der Waals surface area contributed by atoms with Crippen molar-refractivity contribution in [3.63, 3.8) is 0 Å². The van der Waals surface area contributed by atoms with Crippen molar-refractivity contribution >= 4 is 33.7 Å². The summed E-state index contributed by atoms with van der Waals surface area (Å²) in [7, 11) is 1.64. The summed E-state index contributed by atoms with van der Waals surface area (Å²) in [5.74, 6) is 0.912. The molecule has 0 amide bonds. The van der Waals surface area contributed by atoms with Crippen molar-refractivity contribution in [3.05, 3.63) is 28.2 Å². The van der Waals surface area contributed by atoms with E-state index in [0.29, 0.717) is 17.4 Å². The van der Waals surface area contributed by atoms with E-state index in [1.165, 1.54) is 0 Å². The van der Waals surface area contributed by atoms with E-state index in [4.69, 9.17) is 11.5 Å². The highest BCUT2D eigenvalue weighted by molar-refractivity contribution is 9.10. The van der Waals surface area contributed by atoms with Gasteiger partial charge in [-0.2, -0.15) is 0 Å². The zero-order valence-corrected chi connectivity index (χ0v) is 15.3. The van der Waals surface area contributed by atoms with Gasteiger partial charge in [0.1, 0.15) is 12.1 Å². The van der Waals surface area contributed by atoms with E-state index in [1.807, 2.05) is 39.8 Å². The number of nitrogen functional groups attached to an aromatic ring is 1. The molecule has 0 bridgehead atoms. The second-order valence-electron chi connectivity index (χ2n) is 3.81. The Morgan fingerprint density at radius 2 is 1.81 bits per heavy atom. The number of hydrogen-bond acceptors (Lipinski definition) is 3. The van der Waals surface area contributed by atoms with Crippen LogP contribution in [0.25, 0.3) is 0 Å². The molecule has 0 unspecified atom stereocenters. The Hall–Kier alpha value is -1.36. The number of anilines is 1. The van der Waals surface area contributed by atoms with Crippen molar-refractivity contribution in [3.8, 4) is 0 Å². The maximum Gasteiger partial charge on any atom is 0.127 e. The molecule has 1 aromatic carbocycles. The Bertz CT molecular complexity index is 430. The molecule has 4 nitrogen and oxygen atoms in total. The second kappa shape index (κ2) is 13.6. The van der Waals surface area contributed by atoms with Crippen LogP contribution in [0.3, 0.4) is 0 Å². The number of nitrogens with two attached hydrogens (primary N) is 2. The highest BCUT2D eigenvalue weighted by Crippen LogP contribution is 2.25. The van der Waals surface area contributed by atoms with Gasteiger partial charge in [0, 0.05) is 28.7 Å². The molecular formula is C16H28BrN3O. The van der Waals surface area contributed by atoms with Gasteiger partial charge in [-0.05, 0) is 31.0 Å². The first-order valence-electron chi connectivity index (χ1n) is 7.31. The number of hydrogen-bond donors (Lipinski definition) is 2. The molecular weight excluding hydrogens is 330 g/mol. The zero-order chi connectivity index (χ0) is 16.8. The number of rotatable bonds is 2. The standard InChI is InChI=1S/C8H10BrN3.C4H6O.2C2H6/c1-12-8(11)6-3-2-5(9)4-7(6)10;5-3-4-1-2-4;2*1-2/h2-4H,10H2,1H3,(H2,11,12);3-4H,1-2H2;2*1-2H3. The van der Waals surface area contributed by atoms with Crippen molar-refractivity contribution in [1.29, 1.82) is 0 Å². The van der Waals surface area contributed by atoms with E-state index in [1.54, 1.807) is 13.1 Å². The fourth-order valence-corrected chi connectivity index (χ4v) is 1.50. The first-order valence-corrected chi connectivity index (χ1v) is 8.10. The predicted octanol–water partition coefficient (Wildman–Crippen LogP) is 4.01. The summed E-state index contributed by atoms with van der Waals surface area (Å²) in [5, 5.41) is 0. The minimum Gasteiger partial charge on any atom is -0.398 e. The largest absolute Gasteiger partial charge is 0.398 e. The van der Waals surface area contributed by atoms with E-state index in [-0.39, 0.29) is 0 Å². The zero-order valence-electron chi connectivity index (χ0n) is 13.7. The third-order valence-electron chi connectivity index (χ3n) is 2.34. The van der Waals surface area contributed by atoms with Gasteiger partial charge in [-0.15, -0.1) is 0 Å². The number of carbonyl (C=O) groups is 1. The molecule has 120 valence electrons. The number of carbonyl (C=O) groups excluding carboxylic acids is 1. The van der Waals surface area contributed by atoms with Gasteiger partial charge < -0.3 is 16.3 Å². The molecule has 0 atom stereocenters. The number of nitrogens with zero attached hydrogens (tertiary/aromatic N) is 1. The molecule has 1 aliphatic rings. The summed E-state index contributed by atoms with van der Waals surface area (Å²) in [5.41, 5.74) is 12.7. The van der Waals surface area contributed by atoms with Crippen molar-refractivity contribution in [2.45, 2.75) is 40.5 Å². The average Bonchev–Trinajstić information content (AvgIpc) is 3.35. The molecule has 1 fully saturated rings. The Labute approximate surface area is 137 Å². The second-order valence-corrected chi connectivity index (χ2v) is 4.73. The van der Waals surface area contributed by atoms with Crippen LogP contribution in [0, 0.1) is 5.92 Å². The molecule has 0 radical (unpaired) electrons. The number of benzene rings is 1. The fraction of sp³-hybridized carbons (Fsp3) is 0.500. The molecule has 1 aliphatic carbocycles. The third kappa shape index (κ3) is 10.1. The molecule has 1 aromatic rings. The number of aldehydes is 1. The topological polar surface area (TPSA) is 81.5 Å². The molecule has 0 heterocycles. The van der Waals surface area contributed by atoms with E-state index in [9.17, 15) is 4.79 Å². The highest BCUT2D eigenvalue weighted by Gasteiger charge is 2.18. The van der Waals surface area contributed by atoms with Crippen LogP contribution < -0.4 is 11.5 Å². The molecule has 5 heteroatoms. The third-order valence-corrected chi connectivity index (χ3v) is 2.84. The number of aliphatic imine (C=N–C) groups is 1. The lowest BCUT2D eigenvalue weighted by Crippen LogP contribution is -2.14. The maximum atomic E-state index is 9.57. The highest BCUT2D eigenvalue weighted by atomic mass is 79.9. The first kappa shape index (κ1) is 21.9. The van der Waals surface area contributed by atoms with Crippen molar-refractivity contribution in [2.75, 3.05) is 12.8 Å². The molecule has 0 aromatic heterocycles. The average molecular weight is 358 g/mol. The van der Waals surface area contributed by atoms with E-state index in [2.05, 4.69) is 20.9 Å². The predicted molar refractivity (Wildman–Crippen MR) is 96.7 cm³/mol. The van der Waals surface area contributed by atoms with Crippen LogP contribution in [0.1, 0.15) is 46.1 Å². The van der Waals surface area contributed by atoms with Crippen molar-refractivity contribution in [1.82, 2.24) is 0 Å². The van der Waals surface area contributed by atoms with Crippen LogP contribution in [0.2, 0.25) is 0 Å². The summed E-state index contributed by atoms with van der Waals surface area (Å²) >= 11 is 3.31. The Morgan fingerprint density at radius 3 is 2.10 bits per heavy atom. The van der Waals surface area contributed by atoms with Gasteiger partial charge in [0.2, 0.25) is 0 Å². The quantitative estimate of drug-likeness (QED) is 0.363. The Balaban J connectivity index is 0. The SMILES string of the molecule is CC.CC.CN=C(N)c1ccc(Br)cc1N.O=CC1CC1. The molecule has 0 saturated heterocycles. The van der Waals surface area contributed by atoms with Gasteiger partial charge in [0.15, 0.2) is 0 Å². The lowest BCUT2D eigenvalue weighted by molar-refractivity contribution is -0.108. The first-order chi connectivity index (χ1) is 10.1. The van der Waals surface area contributed by atoms with Crippen LogP contribution >= 0.6 is 15.9 Å². The monoisotopic (exact) mass is 357 g/mol. The van der Waals surface area contributed by atoms with Gasteiger partial charge in [-0.1, -0.05) is 43.6 Å². The summed E-state index contributed by atoms with van der Waals surface area (Å²) in [6.45, 7) is 8.00. The number of halogens is 1. The Morgan fingerprint density at radius 1 is 1.29 bits per heavy atom. The number of amidine groups is 1. The normalized spacial score (nSPS) is 12.6. The lowest BCUT2D eigenvalue weighted by atomic mass is 10.2. The summed E-state index contributed by atoms with van der Waals surface area (Å²) in [4.78, 5) is 13.4. The Kier molecular flexibility index (Phi) is 14.2. The van der Waals surface area contributed by atoms with Crippen LogP contribution in [0.4, 0.5) is 5.69 Å². The molecule has 2 rings (SSSR count). The molecule has 0 spiro atoms. The van der Waals surface area contributed by atoms with Gasteiger partial charge in [-0.3, -0.25) is 4.99 Å². The molecule has 21 heavy (non-hydrogen) atoms.